The molecule has 0 radical (unpaired) electrons. The molecule has 1 spiro atoms. The monoisotopic (exact) mass is 474 g/mol. The molecule has 2 fully saturated rings. The van der Waals surface area contributed by atoms with Crippen LogP contribution >= 0.6 is 23.4 Å². The number of aromatic nitrogens is 4. The molecule has 0 unspecified atom stereocenters. The van der Waals surface area contributed by atoms with E-state index in [0.29, 0.717) is 33.8 Å². The Morgan fingerprint density at radius 3 is 2.81 bits per heavy atom. The number of nitrogen functional groups attached to an aromatic ring is 1. The van der Waals surface area contributed by atoms with Crippen LogP contribution in [0.3, 0.4) is 0 Å². The third kappa shape index (κ3) is 3.71. The van der Waals surface area contributed by atoms with E-state index in [-0.39, 0.29) is 6.61 Å². The molecule has 0 amide bonds. The molecule has 170 valence electrons. The topological polar surface area (TPSA) is 102 Å². The second-order valence-electron chi connectivity index (χ2n) is 8.87. The molecule has 32 heavy (non-hydrogen) atoms. The number of nitrogens with two attached hydrogens (primary N) is 1. The van der Waals surface area contributed by atoms with Gasteiger partial charge in [0.15, 0.2) is 11.5 Å². The molecule has 5 rings (SSSR count). The lowest BCUT2D eigenvalue weighted by Gasteiger charge is -2.40. The van der Waals surface area contributed by atoms with Gasteiger partial charge in [-0.2, -0.15) is 0 Å². The number of halogens is 1. The fourth-order valence-electron chi connectivity index (χ4n) is 4.90. The summed E-state index contributed by atoms with van der Waals surface area (Å²) in [5.41, 5.74) is 7.96. The van der Waals surface area contributed by atoms with Crippen molar-refractivity contribution in [1.29, 1.82) is 0 Å². The van der Waals surface area contributed by atoms with Crippen molar-refractivity contribution in [2.45, 2.75) is 55.6 Å². The fraction of sp³-hybridized carbons (Fsp3) is 0.500. The fourth-order valence-corrected chi connectivity index (χ4v) is 6.11. The molecule has 2 aliphatic heterocycles. The van der Waals surface area contributed by atoms with Gasteiger partial charge in [-0.3, -0.25) is 4.40 Å². The summed E-state index contributed by atoms with van der Waals surface area (Å²) >= 11 is 7.88. The SMILES string of the molecule is Cc1cc(N2CCC3(CC2)CO[C@@H](C)C3)n2c(CO)nnc2c1Sc1ccnc(N)c1Cl. The summed E-state index contributed by atoms with van der Waals surface area (Å²) in [5, 5.41) is 19.1. The number of aryl methyl sites for hydroxylation is 1. The van der Waals surface area contributed by atoms with Crippen LogP contribution in [0.2, 0.25) is 5.02 Å². The van der Waals surface area contributed by atoms with Crippen molar-refractivity contribution in [2.75, 3.05) is 30.3 Å². The van der Waals surface area contributed by atoms with Crippen molar-refractivity contribution < 1.29 is 9.84 Å². The largest absolute Gasteiger partial charge is 0.388 e. The number of ether oxygens (including phenoxy) is 1. The van der Waals surface area contributed by atoms with Gasteiger partial charge < -0.3 is 20.5 Å². The number of fused-ring (bicyclic) bond motifs is 1. The van der Waals surface area contributed by atoms with Crippen LogP contribution in [-0.2, 0) is 11.3 Å². The normalized spacial score (nSPS) is 20.5. The molecule has 0 aromatic carbocycles. The van der Waals surface area contributed by atoms with E-state index in [1.165, 1.54) is 11.8 Å². The molecule has 2 aliphatic rings. The van der Waals surface area contributed by atoms with Gasteiger partial charge in [-0.25, -0.2) is 4.98 Å². The maximum atomic E-state index is 9.96. The smallest absolute Gasteiger partial charge is 0.176 e. The van der Waals surface area contributed by atoms with Gasteiger partial charge in [0.2, 0.25) is 0 Å². The van der Waals surface area contributed by atoms with Gasteiger partial charge in [-0.05, 0) is 56.2 Å². The molecule has 2 saturated heterocycles. The summed E-state index contributed by atoms with van der Waals surface area (Å²) in [6.07, 6.45) is 5.31. The average molecular weight is 475 g/mol. The Labute approximate surface area is 196 Å². The number of hydrogen-bond acceptors (Lipinski definition) is 8. The van der Waals surface area contributed by atoms with Gasteiger partial charge in [-0.15, -0.1) is 10.2 Å². The van der Waals surface area contributed by atoms with Gasteiger partial charge in [0.25, 0.3) is 0 Å². The van der Waals surface area contributed by atoms with Crippen LogP contribution in [0.4, 0.5) is 11.6 Å². The van der Waals surface area contributed by atoms with E-state index >= 15 is 0 Å². The first-order chi connectivity index (χ1) is 15.4. The highest BCUT2D eigenvalue weighted by Crippen LogP contribution is 2.44. The van der Waals surface area contributed by atoms with Crippen LogP contribution in [-0.4, -0.2) is 50.5 Å². The van der Waals surface area contributed by atoms with Gasteiger partial charge >= 0.3 is 0 Å². The molecule has 5 heterocycles. The molecule has 3 aromatic rings. The molecular weight excluding hydrogens is 448 g/mol. The molecule has 0 saturated carbocycles. The summed E-state index contributed by atoms with van der Waals surface area (Å²) in [6.45, 7) is 6.77. The van der Waals surface area contributed by atoms with Crippen LogP contribution < -0.4 is 10.6 Å². The first kappa shape index (κ1) is 21.8. The van der Waals surface area contributed by atoms with Crippen molar-refractivity contribution in [1.82, 2.24) is 19.6 Å². The van der Waals surface area contributed by atoms with Crippen molar-refractivity contribution in [3.63, 3.8) is 0 Å². The summed E-state index contributed by atoms with van der Waals surface area (Å²) in [7, 11) is 0. The number of hydrogen-bond donors (Lipinski definition) is 2. The van der Waals surface area contributed by atoms with Crippen LogP contribution in [0, 0.1) is 12.3 Å². The standard InChI is InChI=1S/C22H27ClN6O2S/c1-13-9-17(28-7-4-22(5-8-28)10-14(2)31-12-22)29-16(11-30)26-27-21(29)19(13)32-15-3-6-25-20(24)18(15)23/h3,6,9,14,30H,4-5,7-8,10-12H2,1-2H3,(H2,24,25)/t14-/m0/s1. The number of nitrogens with zero attached hydrogens (tertiary/aromatic N) is 5. The Hall–Kier alpha value is -2.07. The predicted octanol–water partition coefficient (Wildman–Crippen LogP) is 3.71. The lowest BCUT2D eigenvalue weighted by molar-refractivity contribution is 0.0975. The van der Waals surface area contributed by atoms with E-state index in [2.05, 4.69) is 40.0 Å². The van der Waals surface area contributed by atoms with Crippen LogP contribution in [0.25, 0.3) is 5.65 Å². The van der Waals surface area contributed by atoms with Gasteiger partial charge in [0.05, 0.1) is 22.6 Å². The Morgan fingerprint density at radius 1 is 1.34 bits per heavy atom. The zero-order valence-corrected chi connectivity index (χ0v) is 19.8. The second kappa shape index (κ2) is 8.37. The molecule has 1 atom stereocenters. The minimum atomic E-state index is -0.187. The quantitative estimate of drug-likeness (QED) is 0.590. The maximum absolute atomic E-state index is 9.96. The van der Waals surface area contributed by atoms with Crippen LogP contribution in [0.15, 0.2) is 28.1 Å². The van der Waals surface area contributed by atoms with Crippen molar-refractivity contribution in [3.05, 3.63) is 34.7 Å². The van der Waals surface area contributed by atoms with E-state index in [1.54, 1.807) is 6.20 Å². The van der Waals surface area contributed by atoms with Crippen LogP contribution in [0.1, 0.15) is 37.6 Å². The summed E-state index contributed by atoms with van der Waals surface area (Å²) in [6, 6.07) is 3.99. The Bertz CT molecular complexity index is 1160. The molecule has 3 N–H and O–H groups in total. The highest BCUT2D eigenvalue weighted by molar-refractivity contribution is 7.99. The van der Waals surface area contributed by atoms with Gasteiger partial charge in [0, 0.05) is 24.2 Å². The molecule has 10 heteroatoms. The zero-order valence-electron chi connectivity index (χ0n) is 18.2. The number of rotatable bonds is 4. The van der Waals surface area contributed by atoms with Crippen molar-refractivity contribution in [3.8, 4) is 0 Å². The molecule has 0 bridgehead atoms. The van der Waals surface area contributed by atoms with E-state index in [4.69, 9.17) is 22.1 Å². The number of aliphatic hydroxyl groups is 1. The third-order valence-corrected chi connectivity index (χ3v) is 8.42. The Balaban J connectivity index is 1.52. The minimum absolute atomic E-state index is 0.187. The highest BCUT2D eigenvalue weighted by Gasteiger charge is 2.41. The molecular formula is C22H27ClN6O2S. The first-order valence-corrected chi connectivity index (χ1v) is 12.0. The van der Waals surface area contributed by atoms with Crippen LogP contribution in [0.5, 0.6) is 0 Å². The number of aliphatic hydroxyl groups excluding tert-OH is 1. The number of piperidine rings is 1. The minimum Gasteiger partial charge on any atom is -0.388 e. The molecule has 0 aliphatic carbocycles. The van der Waals surface area contributed by atoms with Gasteiger partial charge in [-0.1, -0.05) is 23.4 Å². The number of pyridine rings is 2. The number of anilines is 2. The van der Waals surface area contributed by atoms with Crippen molar-refractivity contribution in [2.24, 2.45) is 5.41 Å². The van der Waals surface area contributed by atoms with E-state index in [0.717, 1.165) is 60.1 Å². The van der Waals surface area contributed by atoms with Gasteiger partial charge in [0.1, 0.15) is 18.2 Å². The first-order valence-electron chi connectivity index (χ1n) is 10.8. The van der Waals surface area contributed by atoms with Crippen molar-refractivity contribution >= 4 is 40.6 Å². The maximum Gasteiger partial charge on any atom is 0.176 e. The average Bonchev–Trinajstić information content (AvgIpc) is 3.37. The lowest BCUT2D eigenvalue weighted by atomic mass is 9.77. The lowest BCUT2D eigenvalue weighted by Crippen LogP contribution is -2.41. The van der Waals surface area contributed by atoms with E-state index in [9.17, 15) is 5.11 Å². The predicted molar refractivity (Wildman–Crippen MR) is 125 cm³/mol. The van der Waals surface area contributed by atoms with E-state index < -0.39 is 0 Å². The molecule has 3 aromatic heterocycles. The summed E-state index contributed by atoms with van der Waals surface area (Å²) < 4.78 is 7.86. The third-order valence-electron chi connectivity index (χ3n) is 6.64. The Kier molecular flexibility index (Phi) is 5.69. The highest BCUT2D eigenvalue weighted by atomic mass is 35.5. The van der Waals surface area contributed by atoms with E-state index in [1.807, 2.05) is 10.5 Å². The zero-order chi connectivity index (χ0) is 22.5. The summed E-state index contributed by atoms with van der Waals surface area (Å²) in [4.78, 5) is 8.16. The Morgan fingerprint density at radius 2 is 2.12 bits per heavy atom. The molecule has 8 nitrogen and oxygen atoms in total. The summed E-state index contributed by atoms with van der Waals surface area (Å²) in [5.74, 6) is 1.83. The second-order valence-corrected chi connectivity index (χ2v) is 10.3.